The zero-order chi connectivity index (χ0) is 13.0. The van der Waals surface area contributed by atoms with E-state index in [0.717, 1.165) is 42.5 Å². The Hall–Kier alpha value is -0.440. The van der Waals surface area contributed by atoms with Gasteiger partial charge in [-0.05, 0) is 36.5 Å². The fourth-order valence-electron chi connectivity index (χ4n) is 2.38. The van der Waals surface area contributed by atoms with Crippen LogP contribution in [0.25, 0.3) is 0 Å². The molecule has 2 rings (SSSR count). The quantitative estimate of drug-likeness (QED) is 0.778. The van der Waals surface area contributed by atoms with Crippen LogP contribution in [0.3, 0.4) is 0 Å². The minimum absolute atomic E-state index is 0.500. The molecule has 0 bridgehead atoms. The predicted octanol–water partition coefficient (Wildman–Crippen LogP) is 3.94. The third kappa shape index (κ3) is 3.53. The smallest absolute Gasteiger partial charge is 0.0642 e. The lowest BCUT2D eigenvalue weighted by molar-refractivity contribution is 0.0576. The van der Waals surface area contributed by atoms with Crippen molar-refractivity contribution in [2.75, 3.05) is 31.7 Å². The van der Waals surface area contributed by atoms with Crippen LogP contribution in [0, 0.1) is 5.92 Å². The molecule has 0 aromatic heterocycles. The van der Waals surface area contributed by atoms with Crippen LogP contribution >= 0.6 is 23.2 Å². The number of ether oxygens (including phenoxy) is 1. The van der Waals surface area contributed by atoms with Gasteiger partial charge in [0.05, 0.1) is 17.3 Å². The Balaban J connectivity index is 2.01. The molecule has 100 valence electrons. The normalized spacial score (nSPS) is 19.8. The van der Waals surface area contributed by atoms with Gasteiger partial charge in [0, 0.05) is 26.1 Å². The zero-order valence-electron chi connectivity index (χ0n) is 10.7. The highest BCUT2D eigenvalue weighted by Gasteiger charge is 2.17. The molecule has 1 aliphatic rings. The number of nitrogens with zero attached hydrogens (tertiary/aromatic N) is 1. The van der Waals surface area contributed by atoms with Crippen molar-refractivity contribution in [3.8, 4) is 0 Å². The summed E-state index contributed by atoms with van der Waals surface area (Å²) in [6, 6.07) is 6.02. The number of benzene rings is 1. The fraction of sp³-hybridized carbons (Fsp3) is 0.571. The van der Waals surface area contributed by atoms with Crippen LogP contribution in [0.4, 0.5) is 5.69 Å². The molecule has 0 radical (unpaired) electrons. The van der Waals surface area contributed by atoms with Crippen molar-refractivity contribution in [2.45, 2.75) is 18.7 Å². The SMILES string of the molecule is CN(CC1CCCOC1)c1ccc(CCl)cc1Cl. The van der Waals surface area contributed by atoms with E-state index in [1.807, 2.05) is 18.2 Å². The molecule has 1 atom stereocenters. The van der Waals surface area contributed by atoms with E-state index in [4.69, 9.17) is 27.9 Å². The number of rotatable bonds is 4. The van der Waals surface area contributed by atoms with Gasteiger partial charge < -0.3 is 9.64 Å². The maximum Gasteiger partial charge on any atom is 0.0642 e. The summed E-state index contributed by atoms with van der Waals surface area (Å²) >= 11 is 12.1. The molecule has 4 heteroatoms. The van der Waals surface area contributed by atoms with Gasteiger partial charge in [-0.3, -0.25) is 0 Å². The maximum atomic E-state index is 6.29. The summed E-state index contributed by atoms with van der Waals surface area (Å²) in [5.74, 6) is 1.10. The fourth-order valence-corrected chi connectivity index (χ4v) is 2.89. The summed E-state index contributed by atoms with van der Waals surface area (Å²) in [5.41, 5.74) is 2.12. The number of hydrogen-bond donors (Lipinski definition) is 0. The second-order valence-corrected chi connectivity index (χ2v) is 5.56. The highest BCUT2D eigenvalue weighted by Crippen LogP contribution is 2.28. The van der Waals surface area contributed by atoms with Crippen molar-refractivity contribution in [1.29, 1.82) is 0 Å². The summed E-state index contributed by atoms with van der Waals surface area (Å²) in [6.45, 7) is 2.76. The summed E-state index contributed by atoms with van der Waals surface area (Å²) in [5, 5.41) is 0.771. The third-order valence-electron chi connectivity index (χ3n) is 3.36. The molecule has 0 N–H and O–H groups in total. The molecular formula is C14H19Cl2NO. The van der Waals surface area contributed by atoms with Crippen LogP contribution < -0.4 is 4.90 Å². The molecule has 0 amide bonds. The summed E-state index contributed by atoms with van der Waals surface area (Å²) in [6.07, 6.45) is 2.40. The van der Waals surface area contributed by atoms with Gasteiger partial charge in [-0.2, -0.15) is 0 Å². The largest absolute Gasteiger partial charge is 0.381 e. The van der Waals surface area contributed by atoms with Crippen LogP contribution in [0.2, 0.25) is 5.02 Å². The Bertz CT molecular complexity index is 391. The van der Waals surface area contributed by atoms with Crippen molar-refractivity contribution in [1.82, 2.24) is 0 Å². The Labute approximate surface area is 119 Å². The molecule has 1 aliphatic heterocycles. The molecule has 1 saturated heterocycles. The lowest BCUT2D eigenvalue weighted by atomic mass is 10.0. The maximum absolute atomic E-state index is 6.29. The predicted molar refractivity (Wildman–Crippen MR) is 77.8 cm³/mol. The first-order chi connectivity index (χ1) is 8.70. The van der Waals surface area contributed by atoms with Crippen LogP contribution in [0.1, 0.15) is 18.4 Å². The molecule has 18 heavy (non-hydrogen) atoms. The molecule has 0 aliphatic carbocycles. The summed E-state index contributed by atoms with van der Waals surface area (Å²) < 4.78 is 5.51. The molecule has 1 fully saturated rings. The first kappa shape index (κ1) is 14.0. The van der Waals surface area contributed by atoms with E-state index >= 15 is 0 Å². The Morgan fingerprint density at radius 2 is 2.28 bits per heavy atom. The standard InChI is InChI=1S/C14H19Cl2NO/c1-17(9-12-3-2-6-18-10-12)14-5-4-11(8-15)7-13(14)16/h4-5,7,12H,2-3,6,8-10H2,1H3. The van der Waals surface area contributed by atoms with E-state index in [1.165, 1.54) is 6.42 Å². The van der Waals surface area contributed by atoms with Crippen LogP contribution in [0.15, 0.2) is 18.2 Å². The average Bonchev–Trinajstić information content (AvgIpc) is 2.39. The van der Waals surface area contributed by atoms with E-state index < -0.39 is 0 Å². The molecule has 1 aromatic carbocycles. The summed E-state index contributed by atoms with van der Waals surface area (Å²) in [7, 11) is 2.08. The van der Waals surface area contributed by atoms with Gasteiger partial charge >= 0.3 is 0 Å². The first-order valence-corrected chi connectivity index (χ1v) is 7.25. The highest BCUT2D eigenvalue weighted by molar-refractivity contribution is 6.33. The van der Waals surface area contributed by atoms with Gasteiger partial charge in [0.2, 0.25) is 0 Å². The molecule has 0 saturated carbocycles. The minimum Gasteiger partial charge on any atom is -0.381 e. The van der Waals surface area contributed by atoms with Gasteiger partial charge in [-0.25, -0.2) is 0 Å². The topological polar surface area (TPSA) is 12.5 Å². The van der Waals surface area contributed by atoms with Crippen molar-refractivity contribution in [2.24, 2.45) is 5.92 Å². The van der Waals surface area contributed by atoms with E-state index in [-0.39, 0.29) is 0 Å². The van der Waals surface area contributed by atoms with Crippen LogP contribution in [0.5, 0.6) is 0 Å². The van der Waals surface area contributed by atoms with Crippen molar-refractivity contribution < 1.29 is 4.74 Å². The molecular weight excluding hydrogens is 269 g/mol. The number of hydrogen-bond acceptors (Lipinski definition) is 2. The first-order valence-electron chi connectivity index (χ1n) is 6.34. The number of anilines is 1. The van der Waals surface area contributed by atoms with Crippen LogP contribution in [-0.2, 0) is 10.6 Å². The lowest BCUT2D eigenvalue weighted by Crippen LogP contribution is -2.30. The number of alkyl halides is 1. The second-order valence-electron chi connectivity index (χ2n) is 4.88. The van der Waals surface area contributed by atoms with Crippen LogP contribution in [-0.4, -0.2) is 26.8 Å². The molecule has 0 spiro atoms. The average molecular weight is 288 g/mol. The Morgan fingerprint density at radius 1 is 1.44 bits per heavy atom. The summed E-state index contributed by atoms with van der Waals surface area (Å²) in [4.78, 5) is 2.21. The van der Waals surface area contributed by atoms with Gasteiger partial charge in [-0.15, -0.1) is 11.6 Å². The second kappa shape index (κ2) is 6.65. The third-order valence-corrected chi connectivity index (χ3v) is 3.98. The molecule has 1 aromatic rings. The van der Waals surface area contributed by atoms with E-state index in [9.17, 15) is 0 Å². The Morgan fingerprint density at radius 3 is 2.89 bits per heavy atom. The van der Waals surface area contributed by atoms with Gasteiger partial charge in [0.1, 0.15) is 0 Å². The molecule has 1 heterocycles. The van der Waals surface area contributed by atoms with Crippen molar-refractivity contribution in [3.63, 3.8) is 0 Å². The van der Waals surface area contributed by atoms with Crippen molar-refractivity contribution in [3.05, 3.63) is 28.8 Å². The Kier molecular flexibility index (Phi) is 5.16. The van der Waals surface area contributed by atoms with Gasteiger partial charge in [0.15, 0.2) is 0 Å². The van der Waals surface area contributed by atoms with E-state index in [2.05, 4.69) is 11.9 Å². The van der Waals surface area contributed by atoms with Crippen molar-refractivity contribution >= 4 is 28.9 Å². The van der Waals surface area contributed by atoms with E-state index in [1.54, 1.807) is 0 Å². The zero-order valence-corrected chi connectivity index (χ0v) is 12.2. The lowest BCUT2D eigenvalue weighted by Gasteiger charge is -2.29. The molecule has 2 nitrogen and oxygen atoms in total. The molecule has 1 unspecified atom stereocenters. The monoisotopic (exact) mass is 287 g/mol. The minimum atomic E-state index is 0.500. The number of halogens is 2. The van der Waals surface area contributed by atoms with Gasteiger partial charge in [0.25, 0.3) is 0 Å². The van der Waals surface area contributed by atoms with E-state index in [0.29, 0.717) is 11.8 Å². The highest BCUT2D eigenvalue weighted by atomic mass is 35.5. The van der Waals surface area contributed by atoms with Gasteiger partial charge in [-0.1, -0.05) is 17.7 Å².